The lowest BCUT2D eigenvalue weighted by Gasteiger charge is -2.33. The van der Waals surface area contributed by atoms with Gasteiger partial charge in [0.2, 0.25) is 0 Å². The van der Waals surface area contributed by atoms with Gasteiger partial charge >= 0.3 is 6.04 Å². The predicted molar refractivity (Wildman–Crippen MR) is 152 cm³/mol. The third-order valence-corrected chi connectivity index (χ3v) is 7.86. The number of pyridine rings is 1. The van der Waals surface area contributed by atoms with Crippen molar-refractivity contribution in [2.75, 3.05) is 31.1 Å². The molecule has 2 N–H and O–H groups in total. The first-order valence-corrected chi connectivity index (χ1v) is 13.9. The Kier molecular flexibility index (Phi) is 7.05. The monoisotopic (exact) mass is 554 g/mol. The quantitative estimate of drug-likeness (QED) is 0.317. The number of halogens is 1. The van der Waals surface area contributed by atoms with Crippen LogP contribution in [-0.4, -0.2) is 63.1 Å². The SMILES string of the molecule is CC(O)(F)Oc1ccc(-c2nc3cc(N4CCCC4)ncc3[nH]2)cc1C(=O)N1CCC(c2ccc(C#N)cc2)CC1. The molecule has 10 heteroatoms. The van der Waals surface area contributed by atoms with E-state index in [1.54, 1.807) is 23.2 Å². The van der Waals surface area contributed by atoms with Gasteiger partial charge in [-0.05, 0) is 67.5 Å². The van der Waals surface area contributed by atoms with Crippen LogP contribution >= 0.6 is 0 Å². The van der Waals surface area contributed by atoms with Crippen LogP contribution in [0, 0.1) is 11.3 Å². The largest absolute Gasteiger partial charge is 0.435 e. The second-order valence-electron chi connectivity index (χ2n) is 10.8. The van der Waals surface area contributed by atoms with Crippen molar-refractivity contribution in [1.29, 1.82) is 5.26 Å². The molecule has 4 heterocycles. The van der Waals surface area contributed by atoms with Crippen LogP contribution in [0.15, 0.2) is 54.7 Å². The first-order chi connectivity index (χ1) is 19.8. The summed E-state index contributed by atoms with van der Waals surface area (Å²) in [6, 6.07) is 13.5. The first-order valence-electron chi connectivity index (χ1n) is 13.9. The van der Waals surface area contributed by atoms with Crippen LogP contribution in [0.5, 0.6) is 5.75 Å². The van der Waals surface area contributed by atoms with E-state index < -0.39 is 6.04 Å². The molecule has 210 valence electrons. The zero-order valence-electron chi connectivity index (χ0n) is 22.8. The molecule has 2 saturated heterocycles. The van der Waals surface area contributed by atoms with Gasteiger partial charge in [-0.3, -0.25) is 4.79 Å². The lowest BCUT2D eigenvalue weighted by atomic mass is 9.89. The molecule has 2 aliphatic rings. The number of benzene rings is 2. The van der Waals surface area contributed by atoms with Crippen molar-refractivity contribution in [3.63, 3.8) is 0 Å². The number of carbonyl (C=O) groups excluding carboxylic acids is 1. The molecule has 0 radical (unpaired) electrons. The smallest absolute Gasteiger partial charge is 0.357 e. The molecule has 0 aliphatic carbocycles. The molecule has 2 aliphatic heterocycles. The Labute approximate surface area is 237 Å². The molecule has 2 fully saturated rings. The van der Waals surface area contributed by atoms with Crippen molar-refractivity contribution in [2.45, 2.75) is 44.6 Å². The summed E-state index contributed by atoms with van der Waals surface area (Å²) >= 11 is 0. The van der Waals surface area contributed by atoms with Crippen LogP contribution in [0.3, 0.4) is 0 Å². The highest BCUT2D eigenvalue weighted by Crippen LogP contribution is 2.33. The zero-order chi connectivity index (χ0) is 28.6. The summed E-state index contributed by atoms with van der Waals surface area (Å²) in [7, 11) is 0. The number of nitrogens with one attached hydrogen (secondary N) is 1. The summed E-state index contributed by atoms with van der Waals surface area (Å²) < 4.78 is 19.3. The number of aromatic amines is 1. The number of hydrogen-bond acceptors (Lipinski definition) is 7. The minimum atomic E-state index is -2.95. The van der Waals surface area contributed by atoms with E-state index in [4.69, 9.17) is 15.0 Å². The van der Waals surface area contributed by atoms with Crippen molar-refractivity contribution in [2.24, 2.45) is 0 Å². The number of nitriles is 1. The summed E-state index contributed by atoms with van der Waals surface area (Å²) in [6.07, 6.45) is 5.57. The summed E-state index contributed by atoms with van der Waals surface area (Å²) in [5.41, 5.74) is 4.07. The molecule has 2 aromatic carbocycles. The fourth-order valence-corrected chi connectivity index (χ4v) is 5.70. The lowest BCUT2D eigenvalue weighted by Crippen LogP contribution is -2.38. The van der Waals surface area contributed by atoms with Crippen molar-refractivity contribution >= 4 is 22.8 Å². The summed E-state index contributed by atoms with van der Waals surface area (Å²) in [5, 5.41) is 18.8. The zero-order valence-corrected chi connectivity index (χ0v) is 22.8. The second kappa shape index (κ2) is 10.8. The van der Waals surface area contributed by atoms with E-state index in [1.807, 2.05) is 30.3 Å². The number of aliphatic hydroxyl groups is 1. The maximum Gasteiger partial charge on any atom is 0.357 e. The maximum atomic E-state index is 14.1. The normalized spacial score (nSPS) is 17.4. The average molecular weight is 555 g/mol. The Bertz CT molecular complexity index is 1610. The number of ether oxygens (including phenoxy) is 1. The van der Waals surface area contributed by atoms with E-state index in [0.717, 1.165) is 68.1 Å². The Morgan fingerprint density at radius 1 is 1.12 bits per heavy atom. The molecular formula is C31H31FN6O3. The number of alkyl halides is 1. The van der Waals surface area contributed by atoms with Crippen LogP contribution in [0.1, 0.15) is 60.0 Å². The molecule has 4 aromatic rings. The van der Waals surface area contributed by atoms with E-state index in [1.165, 1.54) is 6.07 Å². The molecule has 2 aromatic heterocycles. The van der Waals surface area contributed by atoms with E-state index in [2.05, 4.69) is 20.9 Å². The molecule has 1 atom stereocenters. The number of H-pyrrole nitrogens is 1. The van der Waals surface area contributed by atoms with Gasteiger partial charge in [-0.25, -0.2) is 9.97 Å². The van der Waals surface area contributed by atoms with Gasteiger partial charge in [0.25, 0.3) is 5.91 Å². The number of likely N-dealkylation sites (tertiary alicyclic amines) is 1. The molecule has 1 unspecified atom stereocenters. The summed E-state index contributed by atoms with van der Waals surface area (Å²) in [6.45, 7) is 3.85. The Balaban J connectivity index is 1.25. The number of aromatic nitrogens is 3. The van der Waals surface area contributed by atoms with Gasteiger partial charge < -0.3 is 24.6 Å². The molecule has 1 amide bonds. The minimum absolute atomic E-state index is 0.0467. The Morgan fingerprint density at radius 2 is 1.85 bits per heavy atom. The average Bonchev–Trinajstić information content (AvgIpc) is 3.67. The van der Waals surface area contributed by atoms with Crippen molar-refractivity contribution in [1.82, 2.24) is 19.9 Å². The van der Waals surface area contributed by atoms with Crippen molar-refractivity contribution in [3.05, 3.63) is 71.4 Å². The third-order valence-electron chi connectivity index (χ3n) is 7.86. The fourth-order valence-electron chi connectivity index (χ4n) is 5.70. The van der Waals surface area contributed by atoms with Gasteiger partial charge in [0.15, 0.2) is 0 Å². The standard InChI is InChI=1S/C31H31FN6O3/c1-31(32,40)41-27-9-8-23(29-35-25-17-28(34-19-26(25)36-29)37-12-2-3-13-37)16-24(27)30(39)38-14-10-22(11-15-38)21-6-4-20(18-33)5-7-21/h4-9,16-17,19,22,40H,2-3,10-15H2,1H3,(H,35,36). The van der Waals surface area contributed by atoms with Crippen molar-refractivity contribution in [3.8, 4) is 23.2 Å². The molecule has 0 spiro atoms. The first kappa shape index (κ1) is 26.7. The Hall–Kier alpha value is -4.49. The molecular weight excluding hydrogens is 523 g/mol. The van der Waals surface area contributed by atoms with Crippen LogP contribution in [0.4, 0.5) is 10.2 Å². The van der Waals surface area contributed by atoms with E-state index >= 15 is 0 Å². The third kappa shape index (κ3) is 5.72. The van der Waals surface area contributed by atoms with Gasteiger partial charge in [0, 0.05) is 44.7 Å². The number of amides is 1. The Morgan fingerprint density at radius 3 is 2.54 bits per heavy atom. The highest BCUT2D eigenvalue weighted by molar-refractivity contribution is 5.98. The number of hydrogen-bond donors (Lipinski definition) is 2. The molecule has 0 bridgehead atoms. The van der Waals surface area contributed by atoms with E-state index in [-0.39, 0.29) is 23.1 Å². The van der Waals surface area contributed by atoms with Gasteiger partial charge in [-0.2, -0.15) is 9.65 Å². The number of anilines is 1. The van der Waals surface area contributed by atoms with Gasteiger partial charge in [-0.1, -0.05) is 12.1 Å². The highest BCUT2D eigenvalue weighted by Gasteiger charge is 2.30. The number of piperidine rings is 1. The van der Waals surface area contributed by atoms with Gasteiger partial charge in [0.05, 0.1) is 34.4 Å². The van der Waals surface area contributed by atoms with Crippen LogP contribution in [-0.2, 0) is 0 Å². The summed E-state index contributed by atoms with van der Waals surface area (Å²) in [5.74, 6) is 1.36. The highest BCUT2D eigenvalue weighted by atomic mass is 19.2. The van der Waals surface area contributed by atoms with Crippen molar-refractivity contribution < 1.29 is 19.0 Å². The number of fused-ring (bicyclic) bond motifs is 1. The molecule has 6 rings (SSSR count). The number of imidazole rings is 1. The minimum Gasteiger partial charge on any atom is -0.435 e. The molecule has 9 nitrogen and oxygen atoms in total. The molecule has 41 heavy (non-hydrogen) atoms. The van der Waals surface area contributed by atoms with Crippen LogP contribution in [0.25, 0.3) is 22.4 Å². The molecule has 0 saturated carbocycles. The maximum absolute atomic E-state index is 14.1. The van der Waals surface area contributed by atoms with Gasteiger partial charge in [0.1, 0.15) is 17.4 Å². The van der Waals surface area contributed by atoms with E-state index in [9.17, 15) is 14.3 Å². The fraction of sp³-hybridized carbons (Fsp3) is 0.355. The van der Waals surface area contributed by atoms with Crippen LogP contribution in [0.2, 0.25) is 0 Å². The number of rotatable bonds is 6. The number of carbonyl (C=O) groups is 1. The van der Waals surface area contributed by atoms with E-state index in [0.29, 0.717) is 30.0 Å². The predicted octanol–water partition coefficient (Wildman–Crippen LogP) is 5.13. The number of nitrogens with zero attached hydrogens (tertiary/aromatic N) is 5. The summed E-state index contributed by atoms with van der Waals surface area (Å²) in [4.78, 5) is 30.3. The lowest BCUT2D eigenvalue weighted by molar-refractivity contribution is -0.222. The second-order valence-corrected chi connectivity index (χ2v) is 10.8. The van der Waals surface area contributed by atoms with Gasteiger partial charge in [-0.15, -0.1) is 0 Å². The van der Waals surface area contributed by atoms with Crippen LogP contribution < -0.4 is 9.64 Å². The topological polar surface area (TPSA) is 118 Å².